The van der Waals surface area contributed by atoms with Gasteiger partial charge in [-0.2, -0.15) is 0 Å². The number of hydrogen-bond donors (Lipinski definition) is 0. The summed E-state index contributed by atoms with van der Waals surface area (Å²) in [6, 6.07) is 87.3. The summed E-state index contributed by atoms with van der Waals surface area (Å²) < 4.78 is 2.65. The molecule has 0 unspecified atom stereocenters. The molecule has 1 spiro atoms. The third-order valence-electron chi connectivity index (χ3n) is 13.5. The molecule has 2 heteroatoms. The number of hydrogen-bond acceptors (Lipinski definition) is 2. The van der Waals surface area contributed by atoms with Crippen LogP contribution in [0.4, 0.5) is 17.1 Å². The Hall–Kier alpha value is -7.78. The fourth-order valence-electron chi connectivity index (χ4n) is 10.8. The largest absolute Gasteiger partial charge is 0.311 e. The Balaban J connectivity index is 0.935. The highest BCUT2D eigenvalue weighted by Gasteiger charge is 2.52. The summed E-state index contributed by atoms with van der Waals surface area (Å²) >= 11 is 1.92. The molecule has 2 aliphatic carbocycles. The zero-order chi connectivity index (χ0) is 41.5. The third kappa shape index (κ3) is 5.35. The highest BCUT2D eigenvalue weighted by atomic mass is 32.1. The lowest BCUT2D eigenvalue weighted by Crippen LogP contribution is -2.25. The molecule has 0 saturated carbocycles. The molecule has 63 heavy (non-hydrogen) atoms. The van der Waals surface area contributed by atoms with E-state index in [-0.39, 0.29) is 5.41 Å². The van der Waals surface area contributed by atoms with E-state index in [0.717, 1.165) is 17.1 Å². The molecule has 2 aliphatic rings. The van der Waals surface area contributed by atoms with Crippen LogP contribution in [0.1, 0.15) is 22.3 Å². The number of nitrogens with zero attached hydrogens (tertiary/aromatic N) is 1. The molecule has 0 saturated heterocycles. The molecule has 1 nitrogen and oxygen atoms in total. The molecule has 13 rings (SSSR count). The van der Waals surface area contributed by atoms with Crippen molar-refractivity contribution in [1.82, 2.24) is 0 Å². The monoisotopic (exact) mass is 817 g/mol. The van der Waals surface area contributed by atoms with Gasteiger partial charge in [-0.15, -0.1) is 11.3 Å². The minimum atomic E-state index is -0.357. The molecule has 10 aromatic carbocycles. The lowest BCUT2D eigenvalue weighted by molar-refractivity contribution is 0.794. The van der Waals surface area contributed by atoms with Crippen molar-refractivity contribution in [2.24, 2.45) is 0 Å². The first-order valence-electron chi connectivity index (χ1n) is 21.8. The summed E-state index contributed by atoms with van der Waals surface area (Å²) in [4.78, 5) is 2.36. The molecule has 1 aromatic heterocycles. The van der Waals surface area contributed by atoms with Crippen LogP contribution >= 0.6 is 11.3 Å². The topological polar surface area (TPSA) is 3.24 Å². The van der Waals surface area contributed by atoms with Crippen LogP contribution in [-0.4, -0.2) is 0 Å². The average Bonchev–Trinajstić information content (AvgIpc) is 4.00. The fraction of sp³-hybridized carbons (Fsp3) is 0.0164. The van der Waals surface area contributed by atoms with Gasteiger partial charge < -0.3 is 4.90 Å². The molecular formula is C61H39NS. The van der Waals surface area contributed by atoms with Crippen LogP contribution in [0, 0.1) is 0 Å². The Labute approximate surface area is 371 Å². The van der Waals surface area contributed by atoms with E-state index in [1.807, 2.05) is 11.3 Å². The number of benzene rings is 10. The first kappa shape index (κ1) is 35.9. The maximum absolute atomic E-state index is 2.44. The summed E-state index contributed by atoms with van der Waals surface area (Å²) in [5.74, 6) is 0. The smallest absolute Gasteiger partial charge is 0.0725 e. The molecule has 0 amide bonds. The molecule has 0 radical (unpaired) electrons. The molecule has 1 heterocycles. The Morgan fingerprint density at radius 1 is 0.302 bits per heavy atom. The minimum absolute atomic E-state index is 0.357. The zero-order valence-electron chi connectivity index (χ0n) is 34.4. The predicted octanol–water partition coefficient (Wildman–Crippen LogP) is 16.9. The Morgan fingerprint density at radius 3 is 1.27 bits per heavy atom. The van der Waals surface area contributed by atoms with Crippen molar-refractivity contribution >= 4 is 48.6 Å². The maximum atomic E-state index is 2.44. The van der Waals surface area contributed by atoms with Gasteiger partial charge >= 0.3 is 0 Å². The second kappa shape index (κ2) is 14.1. The highest BCUT2D eigenvalue weighted by Crippen LogP contribution is 2.64. The second-order valence-corrected chi connectivity index (χ2v) is 17.8. The second-order valence-electron chi connectivity index (χ2n) is 16.7. The highest BCUT2D eigenvalue weighted by molar-refractivity contribution is 7.26. The van der Waals surface area contributed by atoms with Crippen LogP contribution < -0.4 is 4.90 Å². The Bertz CT molecular complexity index is 3400. The molecule has 0 bridgehead atoms. The lowest BCUT2D eigenvalue weighted by Gasteiger charge is -2.30. The molecule has 0 N–H and O–H groups in total. The van der Waals surface area contributed by atoms with Gasteiger partial charge in [0.2, 0.25) is 0 Å². The Kier molecular flexibility index (Phi) is 8.06. The van der Waals surface area contributed by atoms with Gasteiger partial charge in [-0.25, -0.2) is 0 Å². The SMILES string of the molecule is c1ccc(-c2ccc(N(c3ccc(-c4ccccc4)cc3)c3ccc(-c4cccc5c4sc4ccc6c(c45)-c4ccccc4C64c5ccccc5-c5ccccc54)cc3)cc2)cc1. The third-order valence-corrected chi connectivity index (χ3v) is 14.7. The van der Waals surface area contributed by atoms with E-state index in [1.54, 1.807) is 0 Å². The van der Waals surface area contributed by atoms with Crippen molar-refractivity contribution in [3.63, 3.8) is 0 Å². The molecule has 11 aromatic rings. The summed E-state index contributed by atoms with van der Waals surface area (Å²) in [7, 11) is 0. The van der Waals surface area contributed by atoms with Crippen molar-refractivity contribution in [3.05, 3.63) is 259 Å². The van der Waals surface area contributed by atoms with E-state index in [4.69, 9.17) is 0 Å². The average molecular weight is 818 g/mol. The van der Waals surface area contributed by atoms with Crippen LogP contribution in [0.25, 0.3) is 75.8 Å². The van der Waals surface area contributed by atoms with Gasteiger partial charge in [0.05, 0.1) is 5.41 Å². The van der Waals surface area contributed by atoms with Crippen molar-refractivity contribution in [1.29, 1.82) is 0 Å². The van der Waals surface area contributed by atoms with Gasteiger partial charge in [0.25, 0.3) is 0 Å². The van der Waals surface area contributed by atoms with Crippen LogP contribution in [-0.2, 0) is 5.41 Å². The van der Waals surface area contributed by atoms with Gasteiger partial charge in [-0.3, -0.25) is 0 Å². The first-order valence-corrected chi connectivity index (χ1v) is 22.6. The standard InChI is InChI=1S/C61H39NS/c1-3-14-40(15-4-1)42-26-32-45(33-27-42)62(46-34-28-43(29-35-46)41-16-5-2-6-17-41)47-36-30-44(31-37-47)48-21-13-22-52-59-57(63-60(48)52)39-38-56-58(59)51-20-9-12-25-55(51)61(56)53-23-10-7-18-49(53)50-19-8-11-24-54(50)61/h1-39H. The fourth-order valence-corrected chi connectivity index (χ4v) is 12.0. The summed E-state index contributed by atoms with van der Waals surface area (Å²) in [6.45, 7) is 0. The number of rotatable bonds is 6. The molecule has 0 atom stereocenters. The molecule has 0 aliphatic heterocycles. The molecular weight excluding hydrogens is 779 g/mol. The summed E-state index contributed by atoms with van der Waals surface area (Å²) in [5, 5.41) is 2.68. The van der Waals surface area contributed by atoms with Gasteiger partial charge in [0, 0.05) is 37.2 Å². The number of anilines is 3. The van der Waals surface area contributed by atoms with Gasteiger partial charge in [-0.1, -0.05) is 194 Å². The van der Waals surface area contributed by atoms with Gasteiger partial charge in [0.1, 0.15) is 0 Å². The predicted molar refractivity (Wildman–Crippen MR) is 267 cm³/mol. The van der Waals surface area contributed by atoms with Crippen LogP contribution in [0.15, 0.2) is 237 Å². The minimum Gasteiger partial charge on any atom is -0.311 e. The summed E-state index contributed by atoms with van der Waals surface area (Å²) in [6.07, 6.45) is 0. The van der Waals surface area contributed by atoms with E-state index >= 15 is 0 Å². The van der Waals surface area contributed by atoms with E-state index in [1.165, 1.54) is 98.1 Å². The normalized spacial score (nSPS) is 12.9. The van der Waals surface area contributed by atoms with E-state index < -0.39 is 0 Å². The first-order chi connectivity index (χ1) is 31.3. The van der Waals surface area contributed by atoms with Crippen molar-refractivity contribution in [2.75, 3.05) is 4.90 Å². The van der Waals surface area contributed by atoms with Crippen molar-refractivity contribution < 1.29 is 0 Å². The van der Waals surface area contributed by atoms with Crippen molar-refractivity contribution in [3.8, 4) is 55.6 Å². The quantitative estimate of drug-likeness (QED) is 0.162. The zero-order valence-corrected chi connectivity index (χ0v) is 35.2. The van der Waals surface area contributed by atoms with Crippen LogP contribution in [0.5, 0.6) is 0 Å². The lowest BCUT2D eigenvalue weighted by atomic mass is 9.70. The van der Waals surface area contributed by atoms with E-state index in [2.05, 4.69) is 241 Å². The van der Waals surface area contributed by atoms with Gasteiger partial charge in [-0.05, 0) is 120 Å². The van der Waals surface area contributed by atoms with E-state index in [9.17, 15) is 0 Å². The summed E-state index contributed by atoms with van der Waals surface area (Å²) in [5.41, 5.74) is 21.2. The van der Waals surface area contributed by atoms with Crippen molar-refractivity contribution in [2.45, 2.75) is 5.41 Å². The van der Waals surface area contributed by atoms with Gasteiger partial charge in [0.15, 0.2) is 0 Å². The number of thiophene rings is 1. The molecule has 294 valence electrons. The van der Waals surface area contributed by atoms with Crippen LogP contribution in [0.3, 0.4) is 0 Å². The van der Waals surface area contributed by atoms with Crippen LogP contribution in [0.2, 0.25) is 0 Å². The molecule has 0 fully saturated rings. The number of fused-ring (bicyclic) bond motifs is 14. The Morgan fingerprint density at radius 2 is 0.730 bits per heavy atom. The maximum Gasteiger partial charge on any atom is 0.0725 e. The van der Waals surface area contributed by atoms with E-state index in [0.29, 0.717) is 0 Å².